The molecule has 5 nitrogen and oxygen atoms in total. The van der Waals surface area contributed by atoms with E-state index in [9.17, 15) is 4.79 Å². The average molecular weight is 369 g/mol. The Hall–Kier alpha value is -1.30. The Labute approximate surface area is 155 Å². The van der Waals surface area contributed by atoms with Gasteiger partial charge in [-0.3, -0.25) is 9.69 Å². The van der Waals surface area contributed by atoms with E-state index in [1.54, 1.807) is 12.1 Å². The van der Waals surface area contributed by atoms with E-state index in [0.717, 1.165) is 18.7 Å². The van der Waals surface area contributed by atoms with Crippen LogP contribution in [0.25, 0.3) is 0 Å². The molecule has 0 bridgehead atoms. The Balaban J connectivity index is 1.81. The zero-order valence-electron chi connectivity index (χ0n) is 15.8. The van der Waals surface area contributed by atoms with Gasteiger partial charge >= 0.3 is 0 Å². The van der Waals surface area contributed by atoms with Gasteiger partial charge < -0.3 is 14.8 Å². The van der Waals surface area contributed by atoms with Crippen molar-refractivity contribution in [3.8, 4) is 5.75 Å². The lowest BCUT2D eigenvalue weighted by atomic mass is 10.00. The largest absolute Gasteiger partial charge is 0.484 e. The first-order chi connectivity index (χ1) is 11.7. The summed E-state index contributed by atoms with van der Waals surface area (Å²) in [6, 6.07) is 5.37. The van der Waals surface area contributed by atoms with Crippen molar-refractivity contribution in [2.24, 2.45) is 0 Å². The van der Waals surface area contributed by atoms with Gasteiger partial charge in [-0.1, -0.05) is 11.6 Å². The molecule has 6 heteroatoms. The molecule has 2 atom stereocenters. The first-order valence-electron chi connectivity index (χ1n) is 8.73. The fourth-order valence-corrected chi connectivity index (χ4v) is 3.12. The number of halogens is 1. The van der Waals surface area contributed by atoms with Crippen LogP contribution >= 0.6 is 11.6 Å². The van der Waals surface area contributed by atoms with Crippen molar-refractivity contribution in [1.82, 2.24) is 10.2 Å². The van der Waals surface area contributed by atoms with Gasteiger partial charge in [0.2, 0.25) is 0 Å². The number of amides is 1. The van der Waals surface area contributed by atoms with Crippen LogP contribution in [0.4, 0.5) is 0 Å². The molecule has 1 heterocycles. The smallest absolute Gasteiger partial charge is 0.258 e. The van der Waals surface area contributed by atoms with Gasteiger partial charge in [0.15, 0.2) is 6.61 Å². The van der Waals surface area contributed by atoms with Crippen LogP contribution in [0.1, 0.15) is 33.3 Å². The highest BCUT2D eigenvalue weighted by Gasteiger charge is 2.33. The van der Waals surface area contributed by atoms with Gasteiger partial charge in [0.05, 0.1) is 12.2 Å². The second-order valence-corrected chi connectivity index (χ2v) is 7.86. The summed E-state index contributed by atoms with van der Waals surface area (Å²) in [6.07, 6.45) is 0.408. The van der Waals surface area contributed by atoms with E-state index in [4.69, 9.17) is 21.1 Å². The van der Waals surface area contributed by atoms with Gasteiger partial charge in [0.25, 0.3) is 5.91 Å². The van der Waals surface area contributed by atoms with Crippen LogP contribution in [0.15, 0.2) is 18.2 Å². The number of carbonyl (C=O) groups excluding carboxylic acids is 1. The number of hydrogen-bond donors (Lipinski definition) is 1. The standard InChI is InChI=1S/C19H29ClN2O3/c1-13-8-16(6-7-17(13)20)24-11-18(23)21-12-19(4,5)22-9-14(2)25-15(3)10-22/h6-8,14-15H,9-12H2,1-5H3,(H,21,23). The monoisotopic (exact) mass is 368 g/mol. The molecule has 1 saturated heterocycles. The number of nitrogens with zero attached hydrogens (tertiary/aromatic N) is 1. The predicted octanol–water partition coefficient (Wildman–Crippen LogP) is 3.03. The number of ether oxygens (including phenoxy) is 2. The van der Waals surface area contributed by atoms with Crippen molar-refractivity contribution < 1.29 is 14.3 Å². The Bertz CT molecular complexity index is 596. The normalized spacial score (nSPS) is 21.8. The Morgan fingerprint density at radius 3 is 2.60 bits per heavy atom. The predicted molar refractivity (Wildman–Crippen MR) is 100 cm³/mol. The van der Waals surface area contributed by atoms with Crippen LogP contribution in [-0.2, 0) is 9.53 Å². The van der Waals surface area contributed by atoms with Crippen molar-refractivity contribution in [3.05, 3.63) is 28.8 Å². The van der Waals surface area contributed by atoms with Crippen molar-refractivity contribution in [2.45, 2.75) is 52.4 Å². The first-order valence-corrected chi connectivity index (χ1v) is 9.11. The molecule has 1 aromatic carbocycles. The van der Waals surface area contributed by atoms with E-state index >= 15 is 0 Å². The Kier molecular flexibility index (Phi) is 6.72. The number of benzene rings is 1. The number of aryl methyl sites for hydroxylation is 1. The second-order valence-electron chi connectivity index (χ2n) is 7.45. The van der Waals surface area contributed by atoms with Crippen molar-refractivity contribution in [2.75, 3.05) is 26.2 Å². The maximum atomic E-state index is 12.1. The quantitative estimate of drug-likeness (QED) is 0.838. The summed E-state index contributed by atoms with van der Waals surface area (Å²) in [5.74, 6) is 0.516. The molecule has 0 saturated carbocycles. The lowest BCUT2D eigenvalue weighted by Crippen LogP contribution is -2.58. The third-order valence-corrected chi connectivity index (χ3v) is 4.92. The second kappa shape index (κ2) is 8.39. The van der Waals surface area contributed by atoms with Crippen LogP contribution in [-0.4, -0.2) is 54.8 Å². The number of carbonyl (C=O) groups is 1. The Morgan fingerprint density at radius 2 is 2.00 bits per heavy atom. The molecule has 0 aliphatic carbocycles. The molecule has 140 valence electrons. The maximum Gasteiger partial charge on any atom is 0.258 e. The van der Waals surface area contributed by atoms with Crippen molar-refractivity contribution in [3.63, 3.8) is 0 Å². The highest BCUT2D eigenvalue weighted by atomic mass is 35.5. The highest BCUT2D eigenvalue weighted by molar-refractivity contribution is 6.31. The summed E-state index contributed by atoms with van der Waals surface area (Å²) in [5, 5.41) is 3.66. The van der Waals surface area contributed by atoms with E-state index in [0.29, 0.717) is 17.3 Å². The number of rotatable bonds is 6. The third kappa shape index (κ3) is 5.87. The van der Waals surface area contributed by atoms with E-state index in [1.165, 1.54) is 0 Å². The maximum absolute atomic E-state index is 12.1. The molecular formula is C19H29ClN2O3. The van der Waals surface area contributed by atoms with Gasteiger partial charge in [0, 0.05) is 30.2 Å². The molecule has 1 aliphatic rings. The fraction of sp³-hybridized carbons (Fsp3) is 0.632. The minimum absolute atomic E-state index is 0.00688. The average Bonchev–Trinajstić information content (AvgIpc) is 2.53. The van der Waals surface area contributed by atoms with Crippen LogP contribution < -0.4 is 10.1 Å². The molecule has 1 amide bonds. The van der Waals surface area contributed by atoms with Crippen LogP contribution in [0.2, 0.25) is 5.02 Å². The minimum Gasteiger partial charge on any atom is -0.484 e. The van der Waals surface area contributed by atoms with Crippen molar-refractivity contribution >= 4 is 17.5 Å². The van der Waals surface area contributed by atoms with Crippen molar-refractivity contribution in [1.29, 1.82) is 0 Å². The molecule has 0 aromatic heterocycles. The third-order valence-electron chi connectivity index (χ3n) is 4.49. The number of morpholine rings is 1. The summed E-state index contributed by atoms with van der Waals surface area (Å²) < 4.78 is 11.3. The lowest BCUT2D eigenvalue weighted by Gasteiger charge is -2.45. The van der Waals surface area contributed by atoms with E-state index in [2.05, 4.69) is 37.9 Å². The van der Waals surface area contributed by atoms with Gasteiger partial charge in [0.1, 0.15) is 5.75 Å². The van der Waals surface area contributed by atoms with E-state index in [1.807, 2.05) is 13.0 Å². The summed E-state index contributed by atoms with van der Waals surface area (Å²) in [6.45, 7) is 12.6. The molecule has 1 aromatic rings. The molecule has 2 rings (SSSR count). The summed E-state index contributed by atoms with van der Waals surface area (Å²) in [5.41, 5.74) is 0.787. The molecule has 0 spiro atoms. The van der Waals surface area contributed by atoms with E-state index in [-0.39, 0.29) is 30.3 Å². The summed E-state index contributed by atoms with van der Waals surface area (Å²) in [7, 11) is 0. The van der Waals surface area contributed by atoms with Gasteiger partial charge in [-0.25, -0.2) is 0 Å². The number of hydrogen-bond acceptors (Lipinski definition) is 4. The Morgan fingerprint density at radius 1 is 1.36 bits per heavy atom. The zero-order chi connectivity index (χ0) is 18.6. The molecule has 2 unspecified atom stereocenters. The zero-order valence-corrected chi connectivity index (χ0v) is 16.5. The lowest BCUT2D eigenvalue weighted by molar-refractivity contribution is -0.124. The molecule has 1 N–H and O–H groups in total. The summed E-state index contributed by atoms with van der Waals surface area (Å²) in [4.78, 5) is 14.5. The molecule has 1 fully saturated rings. The van der Waals surface area contributed by atoms with Crippen LogP contribution in [0.3, 0.4) is 0 Å². The fourth-order valence-electron chi connectivity index (χ4n) is 3.01. The molecule has 1 aliphatic heterocycles. The molecular weight excluding hydrogens is 340 g/mol. The van der Waals surface area contributed by atoms with Gasteiger partial charge in [-0.2, -0.15) is 0 Å². The minimum atomic E-state index is -0.140. The number of nitrogens with one attached hydrogen (secondary N) is 1. The highest BCUT2D eigenvalue weighted by Crippen LogP contribution is 2.22. The summed E-state index contributed by atoms with van der Waals surface area (Å²) >= 11 is 5.99. The molecule has 25 heavy (non-hydrogen) atoms. The first kappa shape index (κ1) is 20.0. The SMILES string of the molecule is Cc1cc(OCC(=O)NCC(C)(C)N2CC(C)OC(C)C2)ccc1Cl. The van der Waals surface area contributed by atoms with Crippen LogP contribution in [0.5, 0.6) is 5.75 Å². The van der Waals surface area contributed by atoms with Gasteiger partial charge in [-0.15, -0.1) is 0 Å². The van der Waals surface area contributed by atoms with E-state index < -0.39 is 0 Å². The van der Waals surface area contributed by atoms with Crippen LogP contribution in [0, 0.1) is 6.92 Å². The topological polar surface area (TPSA) is 50.8 Å². The van der Waals surface area contributed by atoms with Gasteiger partial charge in [-0.05, 0) is 58.4 Å². The molecule has 0 radical (unpaired) electrons.